The van der Waals surface area contributed by atoms with E-state index in [1.54, 1.807) is 6.20 Å². The van der Waals surface area contributed by atoms with Gasteiger partial charge in [0.05, 0.1) is 29.0 Å². The second-order valence-electron chi connectivity index (χ2n) is 5.09. The summed E-state index contributed by atoms with van der Waals surface area (Å²) in [7, 11) is 0. The number of ether oxygens (including phenoxy) is 1. The molecule has 0 saturated carbocycles. The smallest absolute Gasteiger partial charge is 0.119 e. The largest absolute Gasteiger partial charge is 0.494 e. The van der Waals surface area contributed by atoms with Crippen LogP contribution in [0.5, 0.6) is 5.75 Å². The van der Waals surface area contributed by atoms with Crippen molar-refractivity contribution >= 4 is 15.9 Å². The zero-order valence-electron chi connectivity index (χ0n) is 12.3. The number of nitrogens with one attached hydrogen (secondary N) is 1. The monoisotopic (exact) mass is 352 g/mol. The molecule has 21 heavy (non-hydrogen) atoms. The maximum atomic E-state index is 5.74. The van der Waals surface area contributed by atoms with E-state index in [-0.39, 0.29) is 12.1 Å². The minimum Gasteiger partial charge on any atom is -0.494 e. The highest BCUT2D eigenvalue weighted by atomic mass is 79.9. The van der Waals surface area contributed by atoms with Crippen LogP contribution >= 0.6 is 15.9 Å². The van der Waals surface area contributed by atoms with E-state index in [0.29, 0.717) is 6.61 Å². The first kappa shape index (κ1) is 16.0. The van der Waals surface area contributed by atoms with E-state index >= 15 is 0 Å². The summed E-state index contributed by atoms with van der Waals surface area (Å²) in [6.07, 6.45) is 2.56. The molecule has 1 unspecified atom stereocenters. The summed E-state index contributed by atoms with van der Waals surface area (Å²) in [5.74, 6) is 6.58. The molecule has 0 amide bonds. The van der Waals surface area contributed by atoms with Crippen molar-refractivity contribution in [2.75, 3.05) is 6.61 Å². The van der Waals surface area contributed by atoms with E-state index < -0.39 is 0 Å². The number of halogens is 1. The standard InChI is InChI=1S/C15H21BrN4O/c1-11(2)20-15(13(16)10-18-20)14(19-17)8-9-21-12-6-4-3-5-7-12/h3-7,10-11,14,19H,8-9,17H2,1-2H3. The molecule has 3 N–H and O–H groups in total. The van der Waals surface area contributed by atoms with E-state index in [9.17, 15) is 0 Å². The zero-order valence-corrected chi connectivity index (χ0v) is 13.9. The average molecular weight is 353 g/mol. The number of rotatable bonds is 7. The molecule has 1 atom stereocenters. The van der Waals surface area contributed by atoms with Gasteiger partial charge >= 0.3 is 0 Å². The van der Waals surface area contributed by atoms with E-state index in [1.165, 1.54) is 0 Å². The summed E-state index contributed by atoms with van der Waals surface area (Å²) in [4.78, 5) is 0. The Kier molecular flexibility index (Phi) is 5.78. The minimum atomic E-state index is -0.0204. The van der Waals surface area contributed by atoms with Crippen molar-refractivity contribution in [1.82, 2.24) is 15.2 Å². The predicted octanol–water partition coefficient (Wildman–Crippen LogP) is 3.20. The third-order valence-electron chi connectivity index (χ3n) is 3.23. The lowest BCUT2D eigenvalue weighted by atomic mass is 10.1. The van der Waals surface area contributed by atoms with E-state index in [2.05, 4.69) is 40.3 Å². The Labute approximate surface area is 133 Å². The first-order chi connectivity index (χ1) is 10.1. The van der Waals surface area contributed by atoms with Gasteiger partial charge in [0, 0.05) is 12.5 Å². The molecule has 1 heterocycles. The zero-order chi connectivity index (χ0) is 15.2. The highest BCUT2D eigenvalue weighted by molar-refractivity contribution is 9.10. The van der Waals surface area contributed by atoms with Gasteiger partial charge in [-0.2, -0.15) is 5.10 Å². The Morgan fingerprint density at radius 2 is 2.05 bits per heavy atom. The number of aromatic nitrogens is 2. The second-order valence-corrected chi connectivity index (χ2v) is 5.94. The van der Waals surface area contributed by atoms with Crippen LogP contribution in [0.15, 0.2) is 41.0 Å². The molecule has 0 bridgehead atoms. The molecule has 0 fully saturated rings. The molecule has 0 saturated heterocycles. The Bertz CT molecular complexity index is 556. The van der Waals surface area contributed by atoms with Crippen molar-refractivity contribution in [2.45, 2.75) is 32.4 Å². The molecule has 114 valence electrons. The number of nitrogens with zero attached hydrogens (tertiary/aromatic N) is 2. The van der Waals surface area contributed by atoms with Gasteiger partial charge < -0.3 is 4.74 Å². The molecule has 1 aromatic heterocycles. The van der Waals surface area contributed by atoms with Crippen LogP contribution in [0.3, 0.4) is 0 Å². The lowest BCUT2D eigenvalue weighted by Gasteiger charge is -2.20. The lowest BCUT2D eigenvalue weighted by Crippen LogP contribution is -2.31. The van der Waals surface area contributed by atoms with Crippen molar-refractivity contribution in [3.63, 3.8) is 0 Å². The maximum Gasteiger partial charge on any atom is 0.119 e. The lowest BCUT2D eigenvalue weighted by molar-refractivity contribution is 0.281. The van der Waals surface area contributed by atoms with Crippen LogP contribution < -0.4 is 16.0 Å². The van der Waals surface area contributed by atoms with Gasteiger partial charge in [-0.3, -0.25) is 16.0 Å². The molecule has 5 nitrogen and oxygen atoms in total. The molecular formula is C15H21BrN4O. The van der Waals surface area contributed by atoms with Gasteiger partial charge in [-0.25, -0.2) is 0 Å². The molecule has 0 aliphatic rings. The van der Waals surface area contributed by atoms with E-state index in [4.69, 9.17) is 10.6 Å². The van der Waals surface area contributed by atoms with Gasteiger partial charge in [-0.1, -0.05) is 18.2 Å². The van der Waals surface area contributed by atoms with Gasteiger partial charge in [-0.05, 0) is 41.9 Å². The molecule has 1 aromatic carbocycles. The molecular weight excluding hydrogens is 332 g/mol. The second kappa shape index (κ2) is 7.59. The van der Waals surface area contributed by atoms with Crippen LogP contribution in [0.25, 0.3) is 0 Å². The van der Waals surface area contributed by atoms with Crippen molar-refractivity contribution in [2.24, 2.45) is 5.84 Å². The highest BCUT2D eigenvalue weighted by Gasteiger charge is 2.20. The minimum absolute atomic E-state index is 0.0204. The number of benzene rings is 1. The van der Waals surface area contributed by atoms with Gasteiger partial charge in [-0.15, -0.1) is 0 Å². The fraction of sp³-hybridized carbons (Fsp3) is 0.400. The van der Waals surface area contributed by atoms with Crippen LogP contribution in [0.2, 0.25) is 0 Å². The molecule has 6 heteroatoms. The third-order valence-corrected chi connectivity index (χ3v) is 3.84. The maximum absolute atomic E-state index is 5.74. The van der Waals surface area contributed by atoms with Crippen LogP contribution in [0.4, 0.5) is 0 Å². The first-order valence-corrected chi connectivity index (χ1v) is 7.79. The molecule has 0 radical (unpaired) electrons. The van der Waals surface area contributed by atoms with Gasteiger partial charge in [0.25, 0.3) is 0 Å². The Hall–Kier alpha value is -1.37. The molecule has 0 aliphatic heterocycles. The number of hydrogen-bond acceptors (Lipinski definition) is 4. The fourth-order valence-electron chi connectivity index (χ4n) is 2.20. The Morgan fingerprint density at radius 3 is 2.67 bits per heavy atom. The normalized spacial score (nSPS) is 12.6. The van der Waals surface area contributed by atoms with Crippen molar-refractivity contribution in [1.29, 1.82) is 0 Å². The first-order valence-electron chi connectivity index (χ1n) is 7.00. The van der Waals surface area contributed by atoms with Gasteiger partial charge in [0.2, 0.25) is 0 Å². The summed E-state index contributed by atoms with van der Waals surface area (Å²) in [6, 6.07) is 10.0. The van der Waals surface area contributed by atoms with Crippen LogP contribution in [-0.2, 0) is 0 Å². The van der Waals surface area contributed by atoms with Gasteiger partial charge in [0.1, 0.15) is 5.75 Å². The van der Waals surface area contributed by atoms with Crippen molar-refractivity contribution in [3.8, 4) is 5.75 Å². The number of nitrogens with two attached hydrogens (primary N) is 1. The summed E-state index contributed by atoms with van der Waals surface area (Å²) < 4.78 is 8.66. The number of para-hydroxylation sites is 1. The molecule has 0 spiro atoms. The fourth-order valence-corrected chi connectivity index (χ4v) is 2.75. The molecule has 2 rings (SSSR count). The highest BCUT2D eigenvalue weighted by Crippen LogP contribution is 2.27. The van der Waals surface area contributed by atoms with Crippen molar-refractivity contribution < 1.29 is 4.74 Å². The average Bonchev–Trinajstić information content (AvgIpc) is 2.87. The van der Waals surface area contributed by atoms with Crippen molar-refractivity contribution in [3.05, 3.63) is 46.7 Å². The van der Waals surface area contributed by atoms with Crippen LogP contribution in [0.1, 0.15) is 38.0 Å². The van der Waals surface area contributed by atoms with Crippen LogP contribution in [0, 0.1) is 0 Å². The van der Waals surface area contributed by atoms with Gasteiger partial charge in [0.15, 0.2) is 0 Å². The number of hydrogen-bond donors (Lipinski definition) is 2. The Morgan fingerprint density at radius 1 is 1.33 bits per heavy atom. The summed E-state index contributed by atoms with van der Waals surface area (Å²) in [5.41, 5.74) is 3.90. The topological polar surface area (TPSA) is 65.1 Å². The molecule has 2 aromatic rings. The van der Waals surface area contributed by atoms with E-state index in [0.717, 1.165) is 22.3 Å². The third kappa shape index (κ3) is 4.06. The predicted molar refractivity (Wildman–Crippen MR) is 86.9 cm³/mol. The Balaban J connectivity index is 2.02. The molecule has 0 aliphatic carbocycles. The van der Waals surface area contributed by atoms with Crippen LogP contribution in [-0.4, -0.2) is 16.4 Å². The quantitative estimate of drug-likeness (QED) is 0.593. The summed E-state index contributed by atoms with van der Waals surface area (Å²) >= 11 is 3.54. The summed E-state index contributed by atoms with van der Waals surface area (Å²) in [6.45, 7) is 4.77. The number of hydrazine groups is 1. The van der Waals surface area contributed by atoms with E-state index in [1.807, 2.05) is 35.0 Å². The summed E-state index contributed by atoms with van der Waals surface area (Å²) in [5, 5.41) is 4.38. The SMILES string of the molecule is CC(C)n1ncc(Br)c1C(CCOc1ccccc1)NN.